The number of methoxy groups -OCH3 is 1. The van der Waals surface area contributed by atoms with E-state index in [2.05, 4.69) is 27.8 Å². The zero-order valence-electron chi connectivity index (χ0n) is 16.3. The van der Waals surface area contributed by atoms with Crippen LogP contribution >= 0.6 is 24.0 Å². The molecule has 0 spiro atoms. The number of aryl methyl sites for hydroxylation is 1. The zero-order chi connectivity index (χ0) is 18.9. The summed E-state index contributed by atoms with van der Waals surface area (Å²) in [5, 5.41) is 6.64. The summed E-state index contributed by atoms with van der Waals surface area (Å²) in [6.07, 6.45) is 1.98. The third kappa shape index (κ3) is 6.47. The molecule has 6 nitrogen and oxygen atoms in total. The molecule has 0 bridgehead atoms. The highest BCUT2D eigenvalue weighted by Gasteiger charge is 2.20. The molecule has 2 aromatic carbocycles. The van der Waals surface area contributed by atoms with E-state index in [1.165, 1.54) is 5.56 Å². The topological polar surface area (TPSA) is 64.1 Å². The number of hydrogen-bond acceptors (Lipinski definition) is 4. The molecule has 0 saturated heterocycles. The summed E-state index contributed by atoms with van der Waals surface area (Å²) in [5.41, 5.74) is 1.30. The highest BCUT2D eigenvalue weighted by atomic mass is 127. The van der Waals surface area contributed by atoms with E-state index in [-0.39, 0.29) is 30.1 Å². The fraction of sp³-hybridized carbons (Fsp3) is 0.381. The summed E-state index contributed by atoms with van der Waals surface area (Å²) >= 11 is 0. The van der Waals surface area contributed by atoms with Crippen LogP contribution in [0, 0.1) is 0 Å². The average molecular weight is 497 g/mol. The number of fused-ring (bicyclic) bond motifs is 1. The van der Waals surface area contributed by atoms with E-state index in [4.69, 9.17) is 14.2 Å². The van der Waals surface area contributed by atoms with Gasteiger partial charge in [0.1, 0.15) is 18.5 Å². The van der Waals surface area contributed by atoms with Gasteiger partial charge in [-0.1, -0.05) is 24.3 Å². The third-order valence-corrected chi connectivity index (χ3v) is 4.38. The Kier molecular flexibility index (Phi) is 9.19. The lowest BCUT2D eigenvalue weighted by Crippen LogP contribution is -2.45. The number of nitrogens with zero attached hydrogens (tertiary/aromatic N) is 1. The van der Waals surface area contributed by atoms with Crippen LogP contribution < -0.4 is 24.8 Å². The molecule has 0 fully saturated rings. The Hall–Kier alpha value is -2.16. The lowest BCUT2D eigenvalue weighted by molar-refractivity contribution is 0.0936. The second-order valence-corrected chi connectivity index (χ2v) is 6.33. The van der Waals surface area contributed by atoms with Crippen LogP contribution in [0.5, 0.6) is 17.2 Å². The minimum Gasteiger partial charge on any atom is -0.497 e. The van der Waals surface area contributed by atoms with Crippen LogP contribution in [0.2, 0.25) is 0 Å². The monoisotopic (exact) mass is 497 g/mol. The van der Waals surface area contributed by atoms with Gasteiger partial charge >= 0.3 is 0 Å². The molecule has 0 aliphatic carbocycles. The summed E-state index contributed by atoms with van der Waals surface area (Å²) in [4.78, 5) is 4.27. The lowest BCUT2D eigenvalue weighted by Gasteiger charge is -2.27. The number of rotatable bonds is 7. The molecule has 0 radical (unpaired) electrons. The smallest absolute Gasteiger partial charge is 0.191 e. The predicted octanol–water partition coefficient (Wildman–Crippen LogP) is 3.25. The van der Waals surface area contributed by atoms with Crippen molar-refractivity contribution >= 4 is 29.9 Å². The second-order valence-electron chi connectivity index (χ2n) is 6.33. The zero-order valence-corrected chi connectivity index (χ0v) is 18.6. The standard InChI is InChI=1S/C21H27N3O3.HI/c1-22-21(23-13-5-6-16-9-11-17(25-2)12-10-16)24-14-18-15-26-19-7-3-4-8-20(19)27-18;/h3-4,7-12,18H,5-6,13-15H2,1-2H3,(H2,22,23,24);1H. The Morgan fingerprint density at radius 3 is 2.57 bits per heavy atom. The van der Waals surface area contributed by atoms with E-state index in [0.29, 0.717) is 13.2 Å². The van der Waals surface area contributed by atoms with Gasteiger partial charge in [0.05, 0.1) is 13.7 Å². The van der Waals surface area contributed by atoms with Gasteiger partial charge in [-0.3, -0.25) is 4.99 Å². The maximum atomic E-state index is 5.95. The molecule has 152 valence electrons. The summed E-state index contributed by atoms with van der Waals surface area (Å²) in [6.45, 7) is 2.00. The molecule has 1 heterocycles. The van der Waals surface area contributed by atoms with Crippen LogP contribution in [-0.2, 0) is 6.42 Å². The van der Waals surface area contributed by atoms with Crippen LogP contribution in [0.15, 0.2) is 53.5 Å². The molecule has 2 N–H and O–H groups in total. The molecule has 7 heteroatoms. The molecular weight excluding hydrogens is 469 g/mol. The highest BCUT2D eigenvalue weighted by molar-refractivity contribution is 14.0. The van der Waals surface area contributed by atoms with Gasteiger partial charge in [-0.25, -0.2) is 0 Å². The molecule has 1 atom stereocenters. The van der Waals surface area contributed by atoms with E-state index in [0.717, 1.165) is 42.6 Å². The third-order valence-electron chi connectivity index (χ3n) is 4.38. The van der Waals surface area contributed by atoms with E-state index in [1.807, 2.05) is 36.4 Å². The number of benzene rings is 2. The minimum atomic E-state index is -0.0438. The first-order chi connectivity index (χ1) is 13.3. The van der Waals surface area contributed by atoms with Gasteiger partial charge in [-0.15, -0.1) is 24.0 Å². The summed E-state index contributed by atoms with van der Waals surface area (Å²) in [6, 6.07) is 15.9. The van der Waals surface area contributed by atoms with Crippen molar-refractivity contribution in [1.82, 2.24) is 10.6 Å². The van der Waals surface area contributed by atoms with E-state index < -0.39 is 0 Å². The van der Waals surface area contributed by atoms with E-state index in [9.17, 15) is 0 Å². The number of guanidine groups is 1. The molecule has 0 amide bonds. The Labute approximate surface area is 183 Å². The van der Waals surface area contributed by atoms with Gasteiger partial charge in [-0.05, 0) is 42.7 Å². The fourth-order valence-corrected chi connectivity index (χ4v) is 2.89. The van der Waals surface area contributed by atoms with Crippen LogP contribution in [0.3, 0.4) is 0 Å². The Bertz CT molecular complexity index is 753. The number of para-hydroxylation sites is 2. The molecule has 28 heavy (non-hydrogen) atoms. The molecular formula is C21H28IN3O3. The number of ether oxygens (including phenoxy) is 3. The van der Waals surface area contributed by atoms with Crippen LogP contribution in [-0.4, -0.2) is 45.9 Å². The number of halogens is 1. The average Bonchev–Trinajstić information content (AvgIpc) is 2.73. The maximum absolute atomic E-state index is 5.95. The van der Waals surface area contributed by atoms with Gasteiger partial charge in [0.15, 0.2) is 17.5 Å². The molecule has 1 unspecified atom stereocenters. The fourth-order valence-electron chi connectivity index (χ4n) is 2.89. The van der Waals surface area contributed by atoms with Crippen LogP contribution in [0.4, 0.5) is 0 Å². The van der Waals surface area contributed by atoms with E-state index >= 15 is 0 Å². The van der Waals surface area contributed by atoms with Crippen molar-refractivity contribution in [2.45, 2.75) is 18.9 Å². The number of nitrogens with one attached hydrogen (secondary N) is 2. The highest BCUT2D eigenvalue weighted by Crippen LogP contribution is 2.30. The van der Waals surface area contributed by atoms with E-state index in [1.54, 1.807) is 14.2 Å². The predicted molar refractivity (Wildman–Crippen MR) is 122 cm³/mol. The Balaban J connectivity index is 0.00000280. The largest absolute Gasteiger partial charge is 0.497 e. The summed E-state index contributed by atoms with van der Waals surface area (Å²) in [5.74, 6) is 3.25. The summed E-state index contributed by atoms with van der Waals surface area (Å²) in [7, 11) is 3.45. The van der Waals surface area contributed by atoms with Crippen molar-refractivity contribution in [2.75, 3.05) is 33.9 Å². The summed E-state index contributed by atoms with van der Waals surface area (Å²) < 4.78 is 16.9. The molecule has 1 aliphatic rings. The molecule has 0 aromatic heterocycles. The Morgan fingerprint density at radius 2 is 1.86 bits per heavy atom. The molecule has 1 aliphatic heterocycles. The van der Waals surface area contributed by atoms with Crippen molar-refractivity contribution in [3.63, 3.8) is 0 Å². The Morgan fingerprint density at radius 1 is 1.11 bits per heavy atom. The number of hydrogen-bond donors (Lipinski definition) is 2. The lowest BCUT2D eigenvalue weighted by atomic mass is 10.1. The van der Waals surface area contributed by atoms with Crippen molar-refractivity contribution in [1.29, 1.82) is 0 Å². The molecule has 3 rings (SSSR count). The minimum absolute atomic E-state index is 0. The van der Waals surface area contributed by atoms with Gasteiger partial charge < -0.3 is 24.8 Å². The SMILES string of the molecule is CN=C(NCCCc1ccc(OC)cc1)NCC1COc2ccccc2O1.I. The van der Waals surface area contributed by atoms with Crippen LogP contribution in [0.1, 0.15) is 12.0 Å². The van der Waals surface area contributed by atoms with Gasteiger partial charge in [0, 0.05) is 13.6 Å². The normalized spacial score (nSPS) is 15.4. The maximum Gasteiger partial charge on any atom is 0.191 e. The second kappa shape index (κ2) is 11.6. The van der Waals surface area contributed by atoms with Crippen molar-refractivity contribution in [2.24, 2.45) is 4.99 Å². The quantitative estimate of drug-likeness (QED) is 0.266. The van der Waals surface area contributed by atoms with Crippen LogP contribution in [0.25, 0.3) is 0 Å². The van der Waals surface area contributed by atoms with Gasteiger partial charge in [0.2, 0.25) is 0 Å². The molecule has 2 aromatic rings. The molecule has 0 saturated carbocycles. The van der Waals surface area contributed by atoms with Crippen molar-refractivity contribution in [3.8, 4) is 17.2 Å². The number of aliphatic imine (C=N–C) groups is 1. The van der Waals surface area contributed by atoms with Gasteiger partial charge in [0.25, 0.3) is 0 Å². The first-order valence-corrected chi connectivity index (χ1v) is 9.24. The first-order valence-electron chi connectivity index (χ1n) is 9.24. The first kappa shape index (κ1) is 22.1. The van der Waals surface area contributed by atoms with Gasteiger partial charge in [-0.2, -0.15) is 0 Å². The van der Waals surface area contributed by atoms with Crippen molar-refractivity contribution in [3.05, 3.63) is 54.1 Å². The van der Waals surface area contributed by atoms with Crippen molar-refractivity contribution < 1.29 is 14.2 Å².